The molecule has 0 heterocycles. The van der Waals surface area contributed by atoms with E-state index in [2.05, 4.69) is 17.4 Å². The van der Waals surface area contributed by atoms with Crippen LogP contribution < -0.4 is 0 Å². The van der Waals surface area contributed by atoms with E-state index in [0.717, 1.165) is 19.3 Å². The fourth-order valence-corrected chi connectivity index (χ4v) is 1.09. The van der Waals surface area contributed by atoms with Gasteiger partial charge in [0.15, 0.2) is 0 Å². The summed E-state index contributed by atoms with van der Waals surface area (Å²) in [6.07, 6.45) is 12.0. The first-order valence-corrected chi connectivity index (χ1v) is 5.14. The van der Waals surface area contributed by atoms with E-state index >= 15 is 0 Å². The zero-order chi connectivity index (χ0) is 10.6. The van der Waals surface area contributed by atoms with Gasteiger partial charge < -0.3 is 4.74 Å². The Kier molecular flexibility index (Phi) is 9.28. The number of methoxy groups -OCH3 is 1. The highest BCUT2D eigenvalue weighted by atomic mass is 16.5. The number of ether oxygens (including phenoxy) is 1. The molecule has 0 fully saturated rings. The van der Waals surface area contributed by atoms with Crippen molar-refractivity contribution in [1.29, 1.82) is 0 Å². The molecule has 80 valence electrons. The van der Waals surface area contributed by atoms with E-state index in [4.69, 9.17) is 0 Å². The molecule has 0 aromatic carbocycles. The smallest absolute Gasteiger partial charge is 0.305 e. The molecule has 0 aromatic rings. The van der Waals surface area contributed by atoms with E-state index in [9.17, 15) is 4.79 Å². The first-order valence-electron chi connectivity index (χ1n) is 5.14. The molecule has 0 amide bonds. The third-order valence-corrected chi connectivity index (χ3v) is 1.94. The van der Waals surface area contributed by atoms with Gasteiger partial charge in [0.05, 0.1) is 7.11 Å². The molecule has 0 unspecified atom stereocenters. The number of unbranched alkanes of at least 4 members (excludes halogenated alkanes) is 3. The number of esters is 1. The predicted molar refractivity (Wildman–Crippen MR) is 59.1 cm³/mol. The van der Waals surface area contributed by atoms with Crippen LogP contribution in [0.2, 0.25) is 0 Å². The van der Waals surface area contributed by atoms with Gasteiger partial charge >= 0.3 is 5.97 Å². The van der Waals surface area contributed by atoms with E-state index in [0.29, 0.717) is 6.42 Å². The minimum atomic E-state index is -0.138. The second-order valence-corrected chi connectivity index (χ2v) is 3.16. The van der Waals surface area contributed by atoms with Crippen molar-refractivity contribution in [1.82, 2.24) is 0 Å². The Morgan fingerprint density at radius 2 is 1.86 bits per heavy atom. The van der Waals surface area contributed by atoms with E-state index in [1.54, 1.807) is 0 Å². The Balaban J connectivity index is 3.19. The summed E-state index contributed by atoms with van der Waals surface area (Å²) in [6.45, 7) is 3.67. The Hall–Kier alpha value is -1.05. The zero-order valence-corrected chi connectivity index (χ0v) is 9.00. The second-order valence-electron chi connectivity index (χ2n) is 3.16. The summed E-state index contributed by atoms with van der Waals surface area (Å²) in [5, 5.41) is 0. The zero-order valence-electron chi connectivity index (χ0n) is 9.00. The maximum Gasteiger partial charge on any atom is 0.305 e. The number of rotatable bonds is 8. The maximum atomic E-state index is 10.7. The summed E-state index contributed by atoms with van der Waals surface area (Å²) in [5.74, 6) is -0.138. The summed E-state index contributed by atoms with van der Waals surface area (Å²) in [5.41, 5.74) is 0. The van der Waals surface area contributed by atoms with Gasteiger partial charge in [-0.25, -0.2) is 0 Å². The fourth-order valence-electron chi connectivity index (χ4n) is 1.09. The summed E-state index contributed by atoms with van der Waals surface area (Å²) in [7, 11) is 1.42. The summed E-state index contributed by atoms with van der Waals surface area (Å²) < 4.78 is 4.53. The summed E-state index contributed by atoms with van der Waals surface area (Å²) >= 11 is 0. The van der Waals surface area contributed by atoms with Crippen molar-refractivity contribution in [3.63, 3.8) is 0 Å². The van der Waals surface area contributed by atoms with Crippen LogP contribution >= 0.6 is 0 Å². The van der Waals surface area contributed by atoms with Gasteiger partial charge in [-0.15, -0.1) is 6.58 Å². The average molecular weight is 196 g/mol. The molecule has 0 bridgehead atoms. The lowest BCUT2D eigenvalue weighted by atomic mass is 10.2. The van der Waals surface area contributed by atoms with Crippen LogP contribution in [0.5, 0.6) is 0 Å². The van der Waals surface area contributed by atoms with Crippen molar-refractivity contribution < 1.29 is 9.53 Å². The van der Waals surface area contributed by atoms with Crippen molar-refractivity contribution >= 4 is 5.97 Å². The van der Waals surface area contributed by atoms with Crippen LogP contribution in [0.4, 0.5) is 0 Å². The highest BCUT2D eigenvalue weighted by Crippen LogP contribution is 2.02. The predicted octanol–water partition coefficient (Wildman–Crippen LogP) is 3.24. The van der Waals surface area contributed by atoms with Gasteiger partial charge in [0.25, 0.3) is 0 Å². The molecule has 0 spiro atoms. The number of carbonyl (C=O) groups excluding carboxylic acids is 1. The lowest BCUT2D eigenvalue weighted by Gasteiger charge is -1.94. The van der Waals surface area contributed by atoms with Crippen LogP contribution in [0, 0.1) is 0 Å². The van der Waals surface area contributed by atoms with Crippen LogP contribution in [0.3, 0.4) is 0 Å². The molecular weight excluding hydrogens is 176 g/mol. The largest absolute Gasteiger partial charge is 0.469 e. The normalized spacial score (nSPS) is 10.4. The molecule has 0 saturated carbocycles. The van der Waals surface area contributed by atoms with Gasteiger partial charge in [0.1, 0.15) is 0 Å². The van der Waals surface area contributed by atoms with Crippen LogP contribution in [0.25, 0.3) is 0 Å². The van der Waals surface area contributed by atoms with E-state index in [1.165, 1.54) is 20.0 Å². The number of carbonyl (C=O) groups is 1. The molecule has 14 heavy (non-hydrogen) atoms. The van der Waals surface area contributed by atoms with Crippen molar-refractivity contribution in [3.8, 4) is 0 Å². The molecule has 0 saturated heterocycles. The minimum absolute atomic E-state index is 0.138. The monoisotopic (exact) mass is 196 g/mol. The highest BCUT2D eigenvalue weighted by molar-refractivity contribution is 5.69. The van der Waals surface area contributed by atoms with Crippen molar-refractivity contribution in [2.45, 2.75) is 38.5 Å². The van der Waals surface area contributed by atoms with Gasteiger partial charge in [-0.1, -0.05) is 18.2 Å². The first kappa shape index (κ1) is 12.9. The lowest BCUT2D eigenvalue weighted by Crippen LogP contribution is -1.97. The first-order chi connectivity index (χ1) is 6.81. The number of hydrogen-bond acceptors (Lipinski definition) is 2. The number of hydrogen-bond donors (Lipinski definition) is 0. The molecule has 0 rings (SSSR count). The van der Waals surface area contributed by atoms with Gasteiger partial charge in [0, 0.05) is 6.42 Å². The summed E-state index contributed by atoms with van der Waals surface area (Å²) in [6, 6.07) is 0. The lowest BCUT2D eigenvalue weighted by molar-refractivity contribution is -0.140. The SMILES string of the molecule is C=CCCCC/C=C/CCC(=O)OC. The Labute approximate surface area is 86.6 Å². The van der Waals surface area contributed by atoms with E-state index < -0.39 is 0 Å². The molecule has 2 nitrogen and oxygen atoms in total. The van der Waals surface area contributed by atoms with Gasteiger partial charge in [-0.3, -0.25) is 4.79 Å². The highest BCUT2D eigenvalue weighted by Gasteiger charge is 1.95. The van der Waals surface area contributed by atoms with Crippen LogP contribution in [-0.2, 0) is 9.53 Å². The third-order valence-electron chi connectivity index (χ3n) is 1.94. The molecule has 0 aliphatic carbocycles. The Morgan fingerprint density at radius 3 is 2.50 bits per heavy atom. The van der Waals surface area contributed by atoms with Gasteiger partial charge in [0.2, 0.25) is 0 Å². The van der Waals surface area contributed by atoms with Crippen LogP contribution in [-0.4, -0.2) is 13.1 Å². The number of allylic oxidation sites excluding steroid dienone is 3. The topological polar surface area (TPSA) is 26.3 Å². The molecule has 0 aliphatic rings. The average Bonchev–Trinajstić information content (AvgIpc) is 2.21. The Morgan fingerprint density at radius 1 is 1.21 bits per heavy atom. The van der Waals surface area contributed by atoms with Crippen molar-refractivity contribution in [3.05, 3.63) is 24.8 Å². The van der Waals surface area contributed by atoms with Gasteiger partial charge in [-0.05, 0) is 32.1 Å². The van der Waals surface area contributed by atoms with Gasteiger partial charge in [-0.2, -0.15) is 0 Å². The molecule has 0 N–H and O–H groups in total. The van der Waals surface area contributed by atoms with E-state index in [1.807, 2.05) is 12.2 Å². The summed E-state index contributed by atoms with van der Waals surface area (Å²) in [4.78, 5) is 10.7. The quantitative estimate of drug-likeness (QED) is 0.338. The Bertz CT molecular complexity index is 183. The van der Waals surface area contributed by atoms with Crippen molar-refractivity contribution in [2.24, 2.45) is 0 Å². The molecule has 0 aromatic heterocycles. The standard InChI is InChI=1S/C12H20O2/c1-3-4-5-6-7-8-9-10-11-12(13)14-2/h3,8-9H,1,4-7,10-11H2,2H3/b9-8+. The van der Waals surface area contributed by atoms with Crippen LogP contribution in [0.1, 0.15) is 38.5 Å². The fraction of sp³-hybridized carbons (Fsp3) is 0.583. The minimum Gasteiger partial charge on any atom is -0.469 e. The van der Waals surface area contributed by atoms with Crippen LogP contribution in [0.15, 0.2) is 24.8 Å². The molecule has 0 atom stereocenters. The third kappa shape index (κ3) is 9.04. The van der Waals surface area contributed by atoms with Crippen molar-refractivity contribution in [2.75, 3.05) is 7.11 Å². The maximum absolute atomic E-state index is 10.7. The molecule has 0 aliphatic heterocycles. The van der Waals surface area contributed by atoms with E-state index in [-0.39, 0.29) is 5.97 Å². The molecule has 0 radical (unpaired) electrons. The molecule has 2 heteroatoms. The second kappa shape index (κ2) is 10.0. The molecular formula is C12H20O2.